The van der Waals surface area contributed by atoms with Crippen LogP contribution in [-0.2, 0) is 10.2 Å². The van der Waals surface area contributed by atoms with Crippen LogP contribution in [0, 0.1) is 5.92 Å². The summed E-state index contributed by atoms with van der Waals surface area (Å²) in [6, 6.07) is 8.22. The maximum atomic E-state index is 6.04. The first-order valence-electron chi connectivity index (χ1n) is 5.36. The quantitative estimate of drug-likeness (QED) is 0.826. The summed E-state index contributed by atoms with van der Waals surface area (Å²) in [7, 11) is 0. The third-order valence-electron chi connectivity index (χ3n) is 3.68. The molecule has 2 nitrogen and oxygen atoms in total. The van der Waals surface area contributed by atoms with Crippen molar-refractivity contribution in [2.45, 2.75) is 5.41 Å². The highest BCUT2D eigenvalue weighted by atomic mass is 35.5. The Morgan fingerprint density at radius 3 is 2.60 bits per heavy atom. The maximum Gasteiger partial charge on any atom is 0.0589 e. The first-order valence-corrected chi connectivity index (χ1v) is 5.74. The minimum Gasteiger partial charge on any atom is -0.379 e. The molecule has 2 heterocycles. The van der Waals surface area contributed by atoms with E-state index in [0.29, 0.717) is 5.92 Å². The molecule has 1 aromatic carbocycles. The number of halogens is 1. The molecule has 80 valence electrons. The molecule has 3 rings (SSSR count). The number of ether oxygens (including phenoxy) is 1. The van der Waals surface area contributed by atoms with E-state index >= 15 is 0 Å². The van der Waals surface area contributed by atoms with Gasteiger partial charge in [0, 0.05) is 23.5 Å². The highest BCUT2D eigenvalue weighted by Gasteiger charge is 2.49. The van der Waals surface area contributed by atoms with Gasteiger partial charge in [0.2, 0.25) is 0 Å². The van der Waals surface area contributed by atoms with Crippen LogP contribution >= 0.6 is 11.6 Å². The molecular weight excluding hydrogens is 210 g/mol. The van der Waals surface area contributed by atoms with Crippen LogP contribution in [0.3, 0.4) is 0 Å². The molecule has 0 saturated carbocycles. The van der Waals surface area contributed by atoms with Gasteiger partial charge in [0.15, 0.2) is 0 Å². The van der Waals surface area contributed by atoms with Gasteiger partial charge >= 0.3 is 0 Å². The van der Waals surface area contributed by atoms with E-state index in [1.807, 2.05) is 12.1 Å². The molecule has 0 bridgehead atoms. The molecule has 0 aromatic heterocycles. The van der Waals surface area contributed by atoms with E-state index in [1.165, 1.54) is 5.56 Å². The van der Waals surface area contributed by atoms with E-state index in [0.717, 1.165) is 31.3 Å². The van der Waals surface area contributed by atoms with Crippen molar-refractivity contribution < 1.29 is 4.74 Å². The molecule has 0 unspecified atom stereocenters. The highest BCUT2D eigenvalue weighted by molar-refractivity contribution is 6.30. The van der Waals surface area contributed by atoms with Crippen molar-refractivity contribution in [2.75, 3.05) is 26.3 Å². The second-order valence-electron chi connectivity index (χ2n) is 4.51. The molecule has 15 heavy (non-hydrogen) atoms. The van der Waals surface area contributed by atoms with Crippen molar-refractivity contribution in [3.63, 3.8) is 0 Å². The lowest BCUT2D eigenvalue weighted by Gasteiger charge is -2.51. The van der Waals surface area contributed by atoms with Gasteiger partial charge in [0.1, 0.15) is 0 Å². The summed E-state index contributed by atoms with van der Waals surface area (Å²) in [5.74, 6) is 0.713. The number of hydrogen-bond acceptors (Lipinski definition) is 2. The summed E-state index contributed by atoms with van der Waals surface area (Å²) in [5, 5.41) is 4.16. The predicted molar refractivity (Wildman–Crippen MR) is 60.3 cm³/mol. The lowest BCUT2D eigenvalue weighted by atomic mass is 9.66. The summed E-state index contributed by atoms with van der Waals surface area (Å²) < 4.78 is 5.42. The van der Waals surface area contributed by atoms with Gasteiger partial charge in [-0.3, -0.25) is 0 Å². The molecule has 2 aliphatic heterocycles. The Balaban J connectivity index is 1.95. The standard InChI is InChI=1S/C12H14ClNO/c13-11-3-1-2-9(4-11)12(7-15-8-12)10-5-14-6-10/h1-4,10,14H,5-8H2. The van der Waals surface area contributed by atoms with E-state index in [2.05, 4.69) is 17.4 Å². The number of hydrogen-bond donors (Lipinski definition) is 1. The minimum atomic E-state index is 0.232. The Hall–Kier alpha value is -0.570. The van der Waals surface area contributed by atoms with Gasteiger partial charge in [-0.1, -0.05) is 23.7 Å². The fourth-order valence-corrected chi connectivity index (χ4v) is 2.63. The van der Waals surface area contributed by atoms with Crippen LogP contribution in [0.5, 0.6) is 0 Å². The van der Waals surface area contributed by atoms with Crippen molar-refractivity contribution in [3.05, 3.63) is 34.9 Å². The zero-order chi connectivity index (χ0) is 10.3. The molecule has 0 spiro atoms. The van der Waals surface area contributed by atoms with E-state index in [9.17, 15) is 0 Å². The average molecular weight is 224 g/mol. The third kappa shape index (κ3) is 1.40. The van der Waals surface area contributed by atoms with Crippen molar-refractivity contribution in [2.24, 2.45) is 5.92 Å². The van der Waals surface area contributed by atoms with Gasteiger partial charge in [-0.25, -0.2) is 0 Å². The molecule has 0 amide bonds. The van der Waals surface area contributed by atoms with Crippen LogP contribution < -0.4 is 5.32 Å². The van der Waals surface area contributed by atoms with Crippen molar-refractivity contribution in [3.8, 4) is 0 Å². The van der Waals surface area contributed by atoms with Gasteiger partial charge in [-0.15, -0.1) is 0 Å². The van der Waals surface area contributed by atoms with Gasteiger partial charge < -0.3 is 10.1 Å². The smallest absolute Gasteiger partial charge is 0.0589 e. The Labute approximate surface area is 94.6 Å². The van der Waals surface area contributed by atoms with E-state index in [1.54, 1.807) is 0 Å². The SMILES string of the molecule is Clc1cccc(C2(C3CNC3)COC2)c1. The van der Waals surface area contributed by atoms with Gasteiger partial charge in [-0.05, 0) is 23.6 Å². The molecule has 2 fully saturated rings. The largest absolute Gasteiger partial charge is 0.379 e. The topological polar surface area (TPSA) is 21.3 Å². The number of nitrogens with one attached hydrogen (secondary N) is 1. The highest BCUT2D eigenvalue weighted by Crippen LogP contribution is 2.41. The van der Waals surface area contributed by atoms with Crippen LogP contribution in [0.4, 0.5) is 0 Å². The Bertz CT molecular complexity index is 372. The van der Waals surface area contributed by atoms with E-state index < -0.39 is 0 Å². The van der Waals surface area contributed by atoms with Gasteiger partial charge in [0.25, 0.3) is 0 Å². The first kappa shape index (κ1) is 9.64. The van der Waals surface area contributed by atoms with Gasteiger partial charge in [0.05, 0.1) is 13.2 Å². The van der Waals surface area contributed by atoms with Crippen molar-refractivity contribution in [1.82, 2.24) is 5.32 Å². The molecule has 0 aliphatic carbocycles. The summed E-state index contributed by atoms with van der Waals surface area (Å²) >= 11 is 6.04. The molecule has 2 aliphatic rings. The fraction of sp³-hybridized carbons (Fsp3) is 0.500. The van der Waals surface area contributed by atoms with Crippen LogP contribution in [-0.4, -0.2) is 26.3 Å². The fourth-order valence-electron chi connectivity index (χ4n) is 2.44. The summed E-state index contributed by atoms with van der Waals surface area (Å²) in [5.41, 5.74) is 1.57. The van der Waals surface area contributed by atoms with Crippen LogP contribution in [0.1, 0.15) is 5.56 Å². The molecule has 0 radical (unpaired) electrons. The van der Waals surface area contributed by atoms with Crippen molar-refractivity contribution in [1.29, 1.82) is 0 Å². The molecule has 0 atom stereocenters. The zero-order valence-electron chi connectivity index (χ0n) is 8.50. The van der Waals surface area contributed by atoms with E-state index in [4.69, 9.17) is 16.3 Å². The Kier molecular flexibility index (Phi) is 2.23. The van der Waals surface area contributed by atoms with Crippen LogP contribution in [0.25, 0.3) is 0 Å². The van der Waals surface area contributed by atoms with Crippen LogP contribution in [0.15, 0.2) is 24.3 Å². The molecular formula is C12H14ClNO. The molecule has 3 heteroatoms. The monoisotopic (exact) mass is 223 g/mol. The second-order valence-corrected chi connectivity index (χ2v) is 4.95. The lowest BCUT2D eigenvalue weighted by Crippen LogP contribution is -2.62. The summed E-state index contributed by atoms with van der Waals surface area (Å²) in [4.78, 5) is 0. The average Bonchev–Trinajstić information content (AvgIpc) is 2.07. The zero-order valence-corrected chi connectivity index (χ0v) is 9.26. The predicted octanol–water partition coefficient (Wildman–Crippen LogP) is 1.83. The van der Waals surface area contributed by atoms with E-state index in [-0.39, 0.29) is 5.41 Å². The number of rotatable bonds is 2. The molecule has 1 aromatic rings. The summed E-state index contributed by atoms with van der Waals surface area (Å²) in [6.07, 6.45) is 0. The second kappa shape index (κ2) is 3.48. The maximum absolute atomic E-state index is 6.04. The molecule has 2 saturated heterocycles. The first-order chi connectivity index (χ1) is 7.31. The molecule has 1 N–H and O–H groups in total. The summed E-state index contributed by atoms with van der Waals surface area (Å²) in [6.45, 7) is 3.91. The van der Waals surface area contributed by atoms with Gasteiger partial charge in [-0.2, -0.15) is 0 Å². The lowest BCUT2D eigenvalue weighted by molar-refractivity contribution is -0.101. The van der Waals surface area contributed by atoms with Crippen LogP contribution in [0.2, 0.25) is 5.02 Å². The third-order valence-corrected chi connectivity index (χ3v) is 3.92. The Morgan fingerprint density at radius 1 is 1.33 bits per heavy atom. The minimum absolute atomic E-state index is 0.232. The van der Waals surface area contributed by atoms with Crippen molar-refractivity contribution >= 4 is 11.6 Å². The number of benzene rings is 1. The Morgan fingerprint density at radius 2 is 2.13 bits per heavy atom. The normalized spacial score (nSPS) is 24.3.